The second kappa shape index (κ2) is 6.55. The number of nitrogens with one attached hydrogen (secondary N) is 1. The Morgan fingerprint density at radius 3 is 2.17 bits per heavy atom. The van der Waals surface area contributed by atoms with Crippen molar-refractivity contribution in [3.8, 4) is 5.75 Å². The summed E-state index contributed by atoms with van der Waals surface area (Å²) in [6.07, 6.45) is 2.38. The van der Waals surface area contributed by atoms with Crippen LogP contribution >= 0.6 is 0 Å². The van der Waals surface area contributed by atoms with E-state index in [2.05, 4.69) is 9.17 Å². The van der Waals surface area contributed by atoms with Crippen LogP contribution in [0.5, 0.6) is 5.75 Å². The number of hydrogen-bond acceptors (Lipinski definition) is 4. The average Bonchev–Trinajstić information content (AvgIpc) is 3.32. The van der Waals surface area contributed by atoms with Crippen LogP contribution in [0.25, 0.3) is 21.8 Å². The van der Waals surface area contributed by atoms with Gasteiger partial charge in [-0.2, -0.15) is 17.2 Å². The molecule has 156 valence electrons. The molecular formula is C18H9F5N2O4S. The summed E-state index contributed by atoms with van der Waals surface area (Å²) in [7, 11) is -5.03. The molecule has 0 aliphatic heterocycles. The van der Waals surface area contributed by atoms with Gasteiger partial charge in [-0.15, -0.1) is 0 Å². The topological polar surface area (TPSA) is 81.2 Å². The van der Waals surface area contributed by atoms with Crippen LogP contribution in [0.15, 0.2) is 35.5 Å². The first-order valence-electron chi connectivity index (χ1n) is 8.12. The van der Waals surface area contributed by atoms with Gasteiger partial charge in [0, 0.05) is 30.1 Å². The second-order valence-corrected chi connectivity index (χ2v) is 7.73. The third-order valence-electron chi connectivity index (χ3n) is 4.44. The molecule has 0 aliphatic rings. The first-order chi connectivity index (χ1) is 14.0. The number of H-pyrrole nitrogens is 1. The maximum Gasteiger partial charge on any atom is 0.341 e. The van der Waals surface area contributed by atoms with Gasteiger partial charge in [-0.25, -0.2) is 13.2 Å². The molecule has 4 rings (SSSR count). The summed E-state index contributed by atoms with van der Waals surface area (Å²) in [6.45, 7) is 1.28. The molecular weight excluding hydrogens is 435 g/mol. The fraction of sp³-hybridized carbons (Fsp3) is 0.0556. The molecule has 0 unspecified atom stereocenters. The van der Waals surface area contributed by atoms with Gasteiger partial charge < -0.3 is 9.17 Å². The number of halogens is 5. The van der Waals surface area contributed by atoms with Crippen molar-refractivity contribution < 1.29 is 39.3 Å². The summed E-state index contributed by atoms with van der Waals surface area (Å²) in [5, 5.41) is 0.566. The van der Waals surface area contributed by atoms with E-state index < -0.39 is 49.8 Å². The van der Waals surface area contributed by atoms with Gasteiger partial charge in [-0.1, -0.05) is 12.1 Å². The molecule has 30 heavy (non-hydrogen) atoms. The molecule has 2 heterocycles. The Bertz CT molecular complexity index is 1440. The highest BCUT2D eigenvalue weighted by Gasteiger charge is 2.32. The molecule has 0 spiro atoms. The normalized spacial score (nSPS) is 12.1. The highest BCUT2D eigenvalue weighted by Crippen LogP contribution is 2.34. The van der Waals surface area contributed by atoms with Crippen LogP contribution < -0.4 is 4.18 Å². The van der Waals surface area contributed by atoms with Gasteiger partial charge in [0.2, 0.25) is 40.7 Å². The molecule has 0 saturated heterocycles. The summed E-state index contributed by atoms with van der Waals surface area (Å²) in [6, 6.07) is 4.44. The van der Waals surface area contributed by atoms with E-state index in [-0.39, 0.29) is 16.8 Å². The minimum atomic E-state index is -5.03. The van der Waals surface area contributed by atoms with E-state index in [4.69, 9.17) is 0 Å². The molecule has 0 saturated carbocycles. The third kappa shape index (κ3) is 2.75. The van der Waals surface area contributed by atoms with Crippen LogP contribution in [-0.2, 0) is 10.1 Å². The van der Waals surface area contributed by atoms with Crippen molar-refractivity contribution >= 4 is 37.8 Å². The molecule has 2 aromatic carbocycles. The fourth-order valence-corrected chi connectivity index (χ4v) is 4.18. The van der Waals surface area contributed by atoms with Gasteiger partial charge in [0.1, 0.15) is 4.90 Å². The standard InChI is InChI=1S/C18H9F5N2O4S/c1-7(26)25-5-4-8-2-3-9-10(6-24-16(9)17(8)25)30(27,28)29-18-14(22)12(20)11(19)13(21)15(18)23/h2-6,24H,1H3. The van der Waals surface area contributed by atoms with E-state index >= 15 is 0 Å². The zero-order valence-corrected chi connectivity index (χ0v) is 15.6. The number of nitrogens with zero attached hydrogens (tertiary/aromatic N) is 1. The van der Waals surface area contributed by atoms with Crippen molar-refractivity contribution in [2.75, 3.05) is 0 Å². The number of hydrogen-bond donors (Lipinski definition) is 1. The summed E-state index contributed by atoms with van der Waals surface area (Å²) in [4.78, 5) is 13.8. The molecule has 1 N–H and O–H groups in total. The van der Waals surface area contributed by atoms with Crippen LogP contribution in [0, 0.1) is 29.1 Å². The Morgan fingerprint density at radius 1 is 0.967 bits per heavy atom. The number of fused-ring (bicyclic) bond motifs is 3. The molecule has 0 bridgehead atoms. The lowest BCUT2D eigenvalue weighted by Gasteiger charge is -2.10. The Hall–Kier alpha value is -3.41. The minimum absolute atomic E-state index is 0.0208. The van der Waals surface area contributed by atoms with Crippen molar-refractivity contribution in [1.82, 2.24) is 9.55 Å². The van der Waals surface area contributed by atoms with Crippen LogP contribution in [0.1, 0.15) is 11.7 Å². The average molecular weight is 444 g/mol. The van der Waals surface area contributed by atoms with E-state index in [1.807, 2.05) is 0 Å². The first-order valence-corrected chi connectivity index (χ1v) is 9.53. The van der Waals surface area contributed by atoms with Crippen LogP contribution in [0.2, 0.25) is 0 Å². The number of benzene rings is 2. The molecule has 2 aromatic heterocycles. The number of aromatic amines is 1. The van der Waals surface area contributed by atoms with Crippen LogP contribution in [-0.4, -0.2) is 23.9 Å². The molecule has 0 aliphatic carbocycles. The van der Waals surface area contributed by atoms with E-state index in [1.165, 1.54) is 29.8 Å². The largest absolute Gasteiger partial charge is 0.372 e. The highest BCUT2D eigenvalue weighted by molar-refractivity contribution is 7.87. The minimum Gasteiger partial charge on any atom is -0.372 e. The number of rotatable bonds is 3. The van der Waals surface area contributed by atoms with Crippen LogP contribution in [0.4, 0.5) is 22.0 Å². The van der Waals surface area contributed by atoms with Crippen molar-refractivity contribution in [2.24, 2.45) is 0 Å². The Kier molecular flexibility index (Phi) is 4.34. The third-order valence-corrected chi connectivity index (χ3v) is 5.70. The van der Waals surface area contributed by atoms with E-state index in [0.29, 0.717) is 10.9 Å². The van der Waals surface area contributed by atoms with E-state index in [0.717, 1.165) is 6.20 Å². The van der Waals surface area contributed by atoms with Crippen molar-refractivity contribution in [3.63, 3.8) is 0 Å². The zero-order valence-electron chi connectivity index (χ0n) is 14.8. The monoisotopic (exact) mass is 444 g/mol. The maximum atomic E-state index is 13.8. The van der Waals surface area contributed by atoms with Crippen molar-refractivity contribution in [1.29, 1.82) is 0 Å². The van der Waals surface area contributed by atoms with Gasteiger partial charge in [-0.05, 0) is 6.07 Å². The van der Waals surface area contributed by atoms with E-state index in [1.54, 1.807) is 6.07 Å². The van der Waals surface area contributed by atoms with Gasteiger partial charge in [-0.3, -0.25) is 9.36 Å². The molecule has 0 amide bonds. The lowest BCUT2D eigenvalue weighted by molar-refractivity contribution is 0.0942. The second-order valence-electron chi connectivity index (χ2n) is 6.22. The molecule has 12 heteroatoms. The first kappa shape index (κ1) is 19.9. The highest BCUT2D eigenvalue weighted by atomic mass is 32.2. The molecule has 0 radical (unpaired) electrons. The number of carbonyl (C=O) groups is 1. The lowest BCUT2D eigenvalue weighted by Crippen LogP contribution is -2.14. The number of carbonyl (C=O) groups excluding carboxylic acids is 1. The quantitative estimate of drug-likeness (QED) is 0.222. The van der Waals surface area contributed by atoms with Gasteiger partial charge in [0.15, 0.2) is 0 Å². The Balaban J connectivity index is 1.90. The summed E-state index contributed by atoms with van der Waals surface area (Å²) < 4.78 is 98.3. The lowest BCUT2D eigenvalue weighted by atomic mass is 10.2. The molecule has 6 nitrogen and oxygen atoms in total. The predicted octanol–water partition coefficient (Wildman–Crippen LogP) is 4.25. The van der Waals surface area contributed by atoms with Gasteiger partial charge >= 0.3 is 10.1 Å². The Morgan fingerprint density at radius 2 is 1.57 bits per heavy atom. The molecule has 0 fully saturated rings. The van der Waals surface area contributed by atoms with Gasteiger partial charge in [0.05, 0.1) is 11.0 Å². The summed E-state index contributed by atoms with van der Waals surface area (Å²) in [5.74, 6) is -14.3. The van der Waals surface area contributed by atoms with Gasteiger partial charge in [0.25, 0.3) is 0 Å². The number of aromatic nitrogens is 2. The molecule has 0 atom stereocenters. The Labute approximate surface area is 164 Å². The fourth-order valence-electron chi connectivity index (χ4n) is 3.08. The van der Waals surface area contributed by atoms with Crippen LogP contribution in [0.3, 0.4) is 0 Å². The van der Waals surface area contributed by atoms with Crippen molar-refractivity contribution in [2.45, 2.75) is 11.8 Å². The smallest absolute Gasteiger partial charge is 0.341 e. The zero-order chi connectivity index (χ0) is 22.0. The van der Waals surface area contributed by atoms with Crippen molar-refractivity contribution in [3.05, 3.63) is 59.7 Å². The summed E-state index contributed by atoms with van der Waals surface area (Å²) in [5.41, 5.74) is 0.518. The molecule has 4 aromatic rings. The maximum absolute atomic E-state index is 13.8. The SMILES string of the molecule is CC(=O)n1ccc2ccc3c(S(=O)(=O)Oc4c(F)c(F)c(F)c(F)c4F)c[nH]c3c21. The predicted molar refractivity (Wildman–Crippen MR) is 94.1 cm³/mol. The van der Waals surface area contributed by atoms with E-state index in [9.17, 15) is 35.2 Å². The summed E-state index contributed by atoms with van der Waals surface area (Å²) >= 11 is 0.